The summed E-state index contributed by atoms with van der Waals surface area (Å²) in [6.45, 7) is 8.01. The zero-order valence-corrected chi connectivity index (χ0v) is 16.2. The van der Waals surface area contributed by atoms with Crippen LogP contribution in [0.15, 0.2) is 30.3 Å². The summed E-state index contributed by atoms with van der Waals surface area (Å²) in [5, 5.41) is 4.00. The van der Waals surface area contributed by atoms with E-state index in [0.717, 1.165) is 27.6 Å². The Bertz CT molecular complexity index is 660. The fourth-order valence-corrected chi connectivity index (χ4v) is 3.48. The van der Waals surface area contributed by atoms with Crippen molar-refractivity contribution in [1.82, 2.24) is 10.3 Å². The summed E-state index contributed by atoms with van der Waals surface area (Å²) in [5.41, 5.74) is 8.06. The molecule has 24 heavy (non-hydrogen) atoms. The fraction of sp³-hybridized carbons (Fsp3) is 0.444. The minimum Gasteiger partial charge on any atom is -0.347 e. The van der Waals surface area contributed by atoms with Gasteiger partial charge in [-0.05, 0) is 19.8 Å². The molecule has 4 nitrogen and oxygen atoms in total. The van der Waals surface area contributed by atoms with Crippen molar-refractivity contribution in [2.45, 2.75) is 46.2 Å². The van der Waals surface area contributed by atoms with Gasteiger partial charge in [0.2, 0.25) is 5.91 Å². The highest BCUT2D eigenvalue weighted by Crippen LogP contribution is 2.31. The summed E-state index contributed by atoms with van der Waals surface area (Å²) in [7, 11) is 0. The number of thiazole rings is 1. The van der Waals surface area contributed by atoms with Crippen molar-refractivity contribution in [2.24, 2.45) is 11.7 Å². The largest absolute Gasteiger partial charge is 0.347 e. The number of carbonyl (C=O) groups excluding carboxylic acids is 1. The maximum absolute atomic E-state index is 12.3. The van der Waals surface area contributed by atoms with Crippen molar-refractivity contribution in [3.05, 3.63) is 40.9 Å². The second-order valence-corrected chi connectivity index (χ2v) is 7.01. The lowest BCUT2D eigenvalue weighted by atomic mass is 9.99. The van der Waals surface area contributed by atoms with Gasteiger partial charge in [-0.3, -0.25) is 4.79 Å². The summed E-state index contributed by atoms with van der Waals surface area (Å²) in [4.78, 5) is 18.0. The first-order valence-corrected chi connectivity index (χ1v) is 8.84. The average molecular weight is 368 g/mol. The quantitative estimate of drug-likeness (QED) is 0.807. The van der Waals surface area contributed by atoms with Crippen LogP contribution in [0.5, 0.6) is 0 Å². The molecule has 1 aromatic carbocycles. The van der Waals surface area contributed by atoms with Crippen LogP contribution in [-0.2, 0) is 4.79 Å². The first-order valence-electron chi connectivity index (χ1n) is 8.02. The Balaban J connectivity index is 0.00000288. The SMILES string of the molecule is CCC(C)C(N)C(=O)NC(C)c1sc(-c2ccccc2)nc1C.Cl. The molecule has 0 radical (unpaired) electrons. The monoisotopic (exact) mass is 367 g/mol. The van der Waals surface area contributed by atoms with Crippen molar-refractivity contribution < 1.29 is 4.79 Å². The number of hydrogen-bond acceptors (Lipinski definition) is 4. The molecule has 132 valence electrons. The number of amides is 1. The molecule has 0 fully saturated rings. The molecule has 1 amide bonds. The van der Waals surface area contributed by atoms with Gasteiger partial charge in [-0.25, -0.2) is 4.98 Å². The van der Waals surface area contributed by atoms with Gasteiger partial charge in [-0.2, -0.15) is 0 Å². The van der Waals surface area contributed by atoms with E-state index in [1.165, 1.54) is 0 Å². The van der Waals surface area contributed by atoms with Gasteiger partial charge in [0.05, 0.1) is 22.7 Å². The minimum absolute atomic E-state index is 0. The van der Waals surface area contributed by atoms with Crippen LogP contribution in [0.1, 0.15) is 43.8 Å². The predicted octanol–water partition coefficient (Wildman–Crippen LogP) is 4.09. The summed E-state index contributed by atoms with van der Waals surface area (Å²) in [6, 6.07) is 9.53. The number of nitrogens with two attached hydrogens (primary N) is 1. The number of aromatic nitrogens is 1. The van der Waals surface area contributed by atoms with E-state index in [9.17, 15) is 4.79 Å². The summed E-state index contributed by atoms with van der Waals surface area (Å²) in [5.74, 6) is 0.0746. The highest BCUT2D eigenvalue weighted by Gasteiger charge is 2.23. The third kappa shape index (κ3) is 4.79. The number of benzene rings is 1. The number of halogens is 1. The molecule has 2 rings (SSSR count). The van der Waals surface area contributed by atoms with Gasteiger partial charge in [0, 0.05) is 5.56 Å². The van der Waals surface area contributed by atoms with Crippen LogP contribution in [0.2, 0.25) is 0 Å². The lowest BCUT2D eigenvalue weighted by Gasteiger charge is -2.20. The zero-order chi connectivity index (χ0) is 17.0. The highest BCUT2D eigenvalue weighted by molar-refractivity contribution is 7.15. The Kier molecular flexibility index (Phi) is 7.87. The molecule has 0 bridgehead atoms. The van der Waals surface area contributed by atoms with Gasteiger partial charge in [0.25, 0.3) is 0 Å². The van der Waals surface area contributed by atoms with Crippen molar-refractivity contribution in [2.75, 3.05) is 0 Å². The summed E-state index contributed by atoms with van der Waals surface area (Å²) < 4.78 is 0. The Hall–Kier alpha value is -1.43. The number of rotatable bonds is 6. The highest BCUT2D eigenvalue weighted by atomic mass is 35.5. The molecular formula is C18H26ClN3OS. The summed E-state index contributed by atoms with van der Waals surface area (Å²) >= 11 is 1.62. The molecule has 0 aliphatic heterocycles. The first-order chi connectivity index (χ1) is 10.9. The standard InChI is InChI=1S/C18H25N3OS.ClH/c1-5-11(2)15(19)17(22)20-12(3)16-13(4)21-18(23-16)14-9-7-6-8-10-14;/h6-12,15H,5,19H2,1-4H3,(H,20,22);1H. The number of aryl methyl sites for hydroxylation is 1. The first kappa shape index (κ1) is 20.6. The van der Waals surface area contributed by atoms with Crippen molar-refractivity contribution in [1.29, 1.82) is 0 Å². The number of nitrogens with zero attached hydrogens (tertiary/aromatic N) is 1. The Morgan fingerprint density at radius 1 is 1.29 bits per heavy atom. The van der Waals surface area contributed by atoms with Gasteiger partial charge >= 0.3 is 0 Å². The van der Waals surface area contributed by atoms with Crippen LogP contribution >= 0.6 is 23.7 Å². The van der Waals surface area contributed by atoms with Crippen LogP contribution in [0.25, 0.3) is 10.6 Å². The van der Waals surface area contributed by atoms with E-state index in [4.69, 9.17) is 5.73 Å². The molecule has 3 N–H and O–H groups in total. The summed E-state index contributed by atoms with van der Waals surface area (Å²) in [6.07, 6.45) is 0.890. The van der Waals surface area contributed by atoms with E-state index in [-0.39, 0.29) is 30.3 Å². The minimum atomic E-state index is -0.468. The number of hydrogen-bond donors (Lipinski definition) is 2. The van der Waals surface area contributed by atoms with E-state index < -0.39 is 6.04 Å². The molecular weight excluding hydrogens is 342 g/mol. The van der Waals surface area contributed by atoms with Gasteiger partial charge in [0.15, 0.2) is 0 Å². The van der Waals surface area contributed by atoms with Crippen LogP contribution in [-0.4, -0.2) is 16.9 Å². The lowest BCUT2D eigenvalue weighted by molar-refractivity contribution is -0.124. The normalized spacial score (nSPS) is 14.4. The van der Waals surface area contributed by atoms with Gasteiger partial charge in [-0.15, -0.1) is 23.7 Å². The Labute approximate surface area is 154 Å². The second-order valence-electron chi connectivity index (χ2n) is 5.98. The fourth-order valence-electron chi connectivity index (χ4n) is 2.40. The topological polar surface area (TPSA) is 68.0 Å². The van der Waals surface area contributed by atoms with Crippen LogP contribution < -0.4 is 11.1 Å². The Morgan fingerprint density at radius 3 is 2.50 bits per heavy atom. The molecule has 0 spiro atoms. The van der Waals surface area contributed by atoms with Crippen molar-refractivity contribution in [3.63, 3.8) is 0 Å². The molecule has 0 aliphatic carbocycles. The molecule has 3 unspecified atom stereocenters. The zero-order valence-electron chi connectivity index (χ0n) is 14.6. The van der Waals surface area contributed by atoms with Crippen LogP contribution in [0.4, 0.5) is 0 Å². The van der Waals surface area contributed by atoms with Crippen LogP contribution in [0, 0.1) is 12.8 Å². The molecule has 6 heteroatoms. The van der Waals surface area contributed by atoms with E-state index in [1.54, 1.807) is 11.3 Å². The molecule has 2 aromatic rings. The maximum atomic E-state index is 12.3. The molecule has 0 saturated carbocycles. The van der Waals surface area contributed by atoms with Crippen molar-refractivity contribution >= 4 is 29.7 Å². The van der Waals surface area contributed by atoms with E-state index in [0.29, 0.717) is 0 Å². The molecule has 1 aromatic heterocycles. The smallest absolute Gasteiger partial charge is 0.237 e. The number of carbonyl (C=O) groups is 1. The molecule has 1 heterocycles. The van der Waals surface area contributed by atoms with Crippen LogP contribution in [0.3, 0.4) is 0 Å². The molecule has 3 atom stereocenters. The average Bonchev–Trinajstić information content (AvgIpc) is 2.96. The third-order valence-corrected chi connectivity index (χ3v) is 5.55. The molecule has 0 saturated heterocycles. The van der Waals surface area contributed by atoms with Gasteiger partial charge < -0.3 is 11.1 Å². The van der Waals surface area contributed by atoms with Crippen molar-refractivity contribution in [3.8, 4) is 10.6 Å². The van der Waals surface area contributed by atoms with Gasteiger partial charge in [0.1, 0.15) is 5.01 Å². The van der Waals surface area contributed by atoms with E-state index in [1.807, 2.05) is 58.0 Å². The van der Waals surface area contributed by atoms with E-state index in [2.05, 4.69) is 10.3 Å². The molecule has 0 aliphatic rings. The Morgan fingerprint density at radius 2 is 1.92 bits per heavy atom. The van der Waals surface area contributed by atoms with Gasteiger partial charge in [-0.1, -0.05) is 50.6 Å². The number of nitrogens with one attached hydrogen (secondary N) is 1. The lowest BCUT2D eigenvalue weighted by Crippen LogP contribution is -2.45. The predicted molar refractivity (Wildman–Crippen MR) is 104 cm³/mol. The third-order valence-electron chi connectivity index (χ3n) is 4.17. The maximum Gasteiger partial charge on any atom is 0.237 e. The second kappa shape index (κ2) is 9.16. The van der Waals surface area contributed by atoms with E-state index >= 15 is 0 Å².